The summed E-state index contributed by atoms with van der Waals surface area (Å²) in [7, 11) is 0. The van der Waals surface area contributed by atoms with Gasteiger partial charge in [-0.05, 0) is 29.8 Å². The lowest BCUT2D eigenvalue weighted by atomic mass is 10.2. The van der Waals surface area contributed by atoms with Gasteiger partial charge >= 0.3 is 0 Å². The number of hydrogen-bond donors (Lipinski definition) is 3. The molecule has 2 aromatic heterocycles. The second-order valence-corrected chi connectivity index (χ2v) is 5.72. The molecule has 4 N–H and O–H groups in total. The molecule has 1 aromatic carbocycles. The summed E-state index contributed by atoms with van der Waals surface area (Å²) >= 11 is 0. The van der Waals surface area contributed by atoms with Crippen LogP contribution in [-0.4, -0.2) is 34.1 Å². The zero-order chi connectivity index (χ0) is 19.8. The predicted octanol–water partition coefficient (Wildman–Crippen LogP) is 2.67. The number of pyridine rings is 1. The number of carbonyl (C=O) groups is 1. The maximum atomic E-state index is 12.3. The summed E-state index contributed by atoms with van der Waals surface area (Å²) in [5.74, 6) is 0.174. The van der Waals surface area contributed by atoms with Crippen molar-refractivity contribution in [2.45, 2.75) is 6.54 Å². The molecule has 3 rings (SSSR count). The van der Waals surface area contributed by atoms with Crippen LogP contribution in [0.25, 0.3) is 0 Å². The first-order valence-corrected chi connectivity index (χ1v) is 8.51. The van der Waals surface area contributed by atoms with Gasteiger partial charge in [0.15, 0.2) is 0 Å². The number of rotatable bonds is 8. The minimum absolute atomic E-state index is 0.105. The molecule has 28 heavy (non-hydrogen) atoms. The Morgan fingerprint density at radius 3 is 2.79 bits per heavy atom. The Bertz CT molecular complexity index is 936. The molecule has 0 bridgehead atoms. The second-order valence-electron chi connectivity index (χ2n) is 5.72. The number of nitrogens with two attached hydrogens (primary N) is 1. The fourth-order valence-corrected chi connectivity index (χ4v) is 2.37. The van der Waals surface area contributed by atoms with Crippen molar-refractivity contribution in [3.8, 4) is 5.88 Å². The van der Waals surface area contributed by atoms with E-state index in [2.05, 4.69) is 25.6 Å². The first kappa shape index (κ1) is 19.0. The molecule has 9 heteroatoms. The minimum atomic E-state index is -0.623. The maximum absolute atomic E-state index is 12.3. The van der Waals surface area contributed by atoms with Gasteiger partial charge in [0.25, 0.3) is 5.91 Å². The molecule has 0 fully saturated rings. The van der Waals surface area contributed by atoms with Crippen molar-refractivity contribution in [2.75, 3.05) is 29.6 Å². The van der Waals surface area contributed by atoms with Crippen molar-refractivity contribution < 1.29 is 13.9 Å². The van der Waals surface area contributed by atoms with E-state index >= 15 is 0 Å². The summed E-state index contributed by atoms with van der Waals surface area (Å²) in [6.07, 6.45) is 4.18. The molecule has 0 aliphatic carbocycles. The van der Waals surface area contributed by atoms with Crippen LogP contribution in [0.2, 0.25) is 0 Å². The lowest BCUT2D eigenvalue weighted by molar-refractivity contribution is 0.102. The van der Waals surface area contributed by atoms with Crippen LogP contribution in [0.5, 0.6) is 5.88 Å². The summed E-state index contributed by atoms with van der Waals surface area (Å²) in [6, 6.07) is 11.0. The summed E-state index contributed by atoms with van der Waals surface area (Å²) < 4.78 is 17.1. The number of anilines is 3. The van der Waals surface area contributed by atoms with Gasteiger partial charge in [-0.25, -0.2) is 19.3 Å². The molecule has 0 aliphatic rings. The summed E-state index contributed by atoms with van der Waals surface area (Å²) in [6.45, 7) is -0.214. The number of alkyl halides is 1. The van der Waals surface area contributed by atoms with Crippen molar-refractivity contribution in [1.29, 1.82) is 0 Å². The number of amides is 1. The van der Waals surface area contributed by atoms with Gasteiger partial charge < -0.3 is 21.1 Å². The van der Waals surface area contributed by atoms with Gasteiger partial charge in [0.1, 0.15) is 24.8 Å². The van der Waals surface area contributed by atoms with Crippen molar-refractivity contribution >= 4 is 23.1 Å². The van der Waals surface area contributed by atoms with Crippen molar-refractivity contribution in [3.05, 3.63) is 66.2 Å². The largest absolute Gasteiger partial charge is 0.474 e. The molecule has 8 nitrogen and oxygen atoms in total. The van der Waals surface area contributed by atoms with E-state index in [1.165, 1.54) is 12.4 Å². The average molecular weight is 382 g/mol. The zero-order valence-corrected chi connectivity index (χ0v) is 14.9. The monoisotopic (exact) mass is 382 g/mol. The number of halogens is 1. The number of benzene rings is 1. The van der Waals surface area contributed by atoms with Crippen LogP contribution in [0.15, 0.2) is 55.0 Å². The van der Waals surface area contributed by atoms with Gasteiger partial charge in [-0.3, -0.25) is 4.79 Å². The highest BCUT2D eigenvalue weighted by molar-refractivity contribution is 6.02. The molecule has 1 amide bonds. The lowest BCUT2D eigenvalue weighted by Crippen LogP contribution is -2.14. The van der Waals surface area contributed by atoms with Gasteiger partial charge in [-0.15, -0.1) is 0 Å². The maximum Gasteiger partial charge on any atom is 0.275 e. The Labute approximate surface area is 161 Å². The van der Waals surface area contributed by atoms with Crippen molar-refractivity contribution in [3.63, 3.8) is 0 Å². The fraction of sp³-hybridized carbons (Fsp3) is 0.158. The molecule has 0 atom stereocenters. The van der Waals surface area contributed by atoms with Crippen LogP contribution >= 0.6 is 0 Å². The van der Waals surface area contributed by atoms with Crippen LogP contribution in [0.4, 0.5) is 21.6 Å². The van der Waals surface area contributed by atoms with Crippen LogP contribution in [-0.2, 0) is 6.54 Å². The van der Waals surface area contributed by atoms with Crippen LogP contribution < -0.4 is 21.1 Å². The molecule has 0 radical (unpaired) electrons. The Morgan fingerprint density at radius 2 is 2.04 bits per heavy atom. The quantitative estimate of drug-likeness (QED) is 0.548. The second kappa shape index (κ2) is 9.26. The van der Waals surface area contributed by atoms with E-state index in [0.717, 1.165) is 11.3 Å². The molecular weight excluding hydrogens is 363 g/mol. The third-order valence-electron chi connectivity index (χ3n) is 3.69. The third kappa shape index (κ3) is 5.13. The third-order valence-corrected chi connectivity index (χ3v) is 3.69. The molecule has 2 heterocycles. The Morgan fingerprint density at radius 1 is 1.14 bits per heavy atom. The summed E-state index contributed by atoms with van der Waals surface area (Å²) in [5, 5.41) is 5.97. The number of carbonyl (C=O) groups excluding carboxylic acids is 1. The Kier molecular flexibility index (Phi) is 6.29. The van der Waals surface area contributed by atoms with Crippen LogP contribution in [0, 0.1) is 0 Å². The standard InChI is InChI=1S/C19H19FN6O2/c20-6-8-28-17-12-24-16(11-25-17)19(27)26-14-4-1-3-13(9-14)10-23-15-5-2-7-22-18(15)21/h1-5,7,9,11-12,23H,6,8,10H2,(H2,21,22)(H,26,27). The predicted molar refractivity (Wildman–Crippen MR) is 104 cm³/mol. The van der Waals surface area contributed by atoms with Crippen LogP contribution in [0.3, 0.4) is 0 Å². The Hall–Kier alpha value is -3.75. The van der Waals surface area contributed by atoms with Gasteiger partial charge in [-0.1, -0.05) is 12.1 Å². The van der Waals surface area contributed by atoms with Gasteiger partial charge in [0.2, 0.25) is 5.88 Å². The molecule has 144 valence electrons. The van der Waals surface area contributed by atoms with E-state index in [1.807, 2.05) is 24.3 Å². The van der Waals surface area contributed by atoms with E-state index in [0.29, 0.717) is 18.1 Å². The first-order valence-electron chi connectivity index (χ1n) is 8.51. The van der Waals surface area contributed by atoms with E-state index in [4.69, 9.17) is 10.5 Å². The number of aromatic nitrogens is 3. The number of hydrogen-bond acceptors (Lipinski definition) is 7. The number of nitrogens with one attached hydrogen (secondary N) is 2. The van der Waals surface area contributed by atoms with E-state index in [-0.39, 0.29) is 18.2 Å². The molecule has 0 saturated carbocycles. The zero-order valence-electron chi connectivity index (χ0n) is 14.9. The fourth-order valence-electron chi connectivity index (χ4n) is 2.37. The van der Waals surface area contributed by atoms with Crippen molar-refractivity contribution in [2.24, 2.45) is 0 Å². The van der Waals surface area contributed by atoms with E-state index in [9.17, 15) is 9.18 Å². The van der Waals surface area contributed by atoms with Gasteiger partial charge in [0, 0.05) is 18.4 Å². The molecule has 0 spiro atoms. The summed E-state index contributed by atoms with van der Waals surface area (Å²) in [4.78, 5) is 24.3. The summed E-state index contributed by atoms with van der Waals surface area (Å²) in [5.41, 5.74) is 8.23. The Balaban J connectivity index is 1.60. The van der Waals surface area contributed by atoms with E-state index < -0.39 is 12.6 Å². The normalized spacial score (nSPS) is 10.3. The van der Waals surface area contributed by atoms with Crippen molar-refractivity contribution in [1.82, 2.24) is 15.0 Å². The smallest absolute Gasteiger partial charge is 0.275 e. The van der Waals surface area contributed by atoms with E-state index in [1.54, 1.807) is 18.3 Å². The highest BCUT2D eigenvalue weighted by atomic mass is 19.1. The number of nitrogen functional groups attached to an aromatic ring is 1. The minimum Gasteiger partial charge on any atom is -0.474 e. The SMILES string of the molecule is Nc1ncccc1NCc1cccc(NC(=O)c2cnc(OCCF)cn2)c1. The first-order chi connectivity index (χ1) is 13.7. The highest BCUT2D eigenvalue weighted by Gasteiger charge is 2.09. The molecule has 0 saturated heterocycles. The molecule has 3 aromatic rings. The highest BCUT2D eigenvalue weighted by Crippen LogP contribution is 2.17. The van der Waals surface area contributed by atoms with Gasteiger partial charge in [0.05, 0.1) is 18.1 Å². The number of ether oxygens (including phenoxy) is 1. The molecular formula is C19H19FN6O2. The topological polar surface area (TPSA) is 115 Å². The average Bonchev–Trinajstić information content (AvgIpc) is 2.72. The molecule has 0 aliphatic heterocycles. The van der Waals surface area contributed by atoms with Gasteiger partial charge in [-0.2, -0.15) is 0 Å². The lowest BCUT2D eigenvalue weighted by Gasteiger charge is -2.10. The number of nitrogens with zero attached hydrogens (tertiary/aromatic N) is 3. The molecule has 0 unspecified atom stereocenters. The van der Waals surface area contributed by atoms with Crippen LogP contribution in [0.1, 0.15) is 16.1 Å².